The molecule has 0 radical (unpaired) electrons. The van der Waals surface area contributed by atoms with Crippen molar-refractivity contribution in [2.75, 3.05) is 24.7 Å². The highest BCUT2D eigenvalue weighted by atomic mass is 16.5. The van der Waals surface area contributed by atoms with Crippen molar-refractivity contribution in [3.63, 3.8) is 0 Å². The number of rotatable bonds is 4. The molecule has 25 heavy (non-hydrogen) atoms. The van der Waals surface area contributed by atoms with Crippen molar-refractivity contribution < 1.29 is 9.84 Å². The average molecular weight is 339 g/mol. The second kappa shape index (κ2) is 6.78. The monoisotopic (exact) mass is 339 g/mol. The molecule has 1 fully saturated rings. The zero-order valence-electron chi connectivity index (χ0n) is 14.1. The van der Waals surface area contributed by atoms with Crippen LogP contribution in [-0.4, -0.2) is 56.6 Å². The zero-order valence-corrected chi connectivity index (χ0v) is 14.1. The maximum Gasteiger partial charge on any atom is 0.254 e. The van der Waals surface area contributed by atoms with E-state index in [1.54, 1.807) is 11.4 Å². The van der Waals surface area contributed by atoms with Crippen LogP contribution in [0.3, 0.4) is 0 Å². The van der Waals surface area contributed by atoms with Gasteiger partial charge in [0, 0.05) is 18.2 Å². The van der Waals surface area contributed by atoms with Crippen molar-refractivity contribution in [1.82, 2.24) is 19.6 Å². The van der Waals surface area contributed by atoms with Gasteiger partial charge in [0.05, 0.1) is 31.1 Å². The Balaban J connectivity index is 1.81. The summed E-state index contributed by atoms with van der Waals surface area (Å²) in [5.74, 6) is 1.49. The van der Waals surface area contributed by atoms with E-state index in [2.05, 4.69) is 20.0 Å². The minimum atomic E-state index is -0.393. The molecule has 0 aliphatic carbocycles. The third kappa shape index (κ3) is 3.20. The summed E-state index contributed by atoms with van der Waals surface area (Å²) in [5, 5.41) is 14.2. The Hall–Kier alpha value is -2.51. The Bertz CT molecular complexity index is 849. The SMILES string of the molecule is CC(O)CC1COCCN1c1cc(-c2ccccc2)nc2ncnn12. The van der Waals surface area contributed by atoms with Gasteiger partial charge in [-0.15, -0.1) is 0 Å². The minimum absolute atomic E-state index is 0.0900. The molecule has 7 nitrogen and oxygen atoms in total. The number of morpholine rings is 1. The molecule has 2 unspecified atom stereocenters. The molecule has 1 aliphatic heterocycles. The van der Waals surface area contributed by atoms with Crippen molar-refractivity contribution in [1.29, 1.82) is 0 Å². The van der Waals surface area contributed by atoms with Crippen molar-refractivity contribution in [3.8, 4) is 11.3 Å². The predicted octanol–water partition coefficient (Wildman–Crippen LogP) is 1.77. The Morgan fingerprint density at radius 2 is 2.16 bits per heavy atom. The standard InChI is InChI=1S/C18H21N5O2/c1-13(24)9-15-11-25-8-7-22(15)17-10-16(14-5-3-2-4-6-14)21-18-19-12-20-23(17)18/h2-6,10,12-13,15,24H,7-9,11H2,1H3. The van der Waals surface area contributed by atoms with E-state index in [1.165, 1.54) is 6.33 Å². The Morgan fingerprint density at radius 3 is 2.96 bits per heavy atom. The number of hydrogen-bond donors (Lipinski definition) is 1. The number of aromatic nitrogens is 4. The van der Waals surface area contributed by atoms with Crippen LogP contribution >= 0.6 is 0 Å². The third-order valence-corrected chi connectivity index (χ3v) is 4.44. The summed E-state index contributed by atoms with van der Waals surface area (Å²) in [6, 6.07) is 12.2. The lowest BCUT2D eigenvalue weighted by molar-refractivity contribution is 0.0716. The molecule has 1 saturated heterocycles. The Labute approximate surface area is 145 Å². The molecule has 1 N–H and O–H groups in total. The molecular formula is C18H21N5O2. The highest BCUT2D eigenvalue weighted by Crippen LogP contribution is 2.27. The first kappa shape index (κ1) is 16.0. The van der Waals surface area contributed by atoms with Crippen molar-refractivity contribution in [2.45, 2.75) is 25.5 Å². The topological polar surface area (TPSA) is 75.8 Å². The van der Waals surface area contributed by atoms with Gasteiger partial charge in [0.1, 0.15) is 12.1 Å². The lowest BCUT2D eigenvalue weighted by Gasteiger charge is -2.37. The molecule has 3 heterocycles. The van der Waals surface area contributed by atoms with E-state index < -0.39 is 6.10 Å². The van der Waals surface area contributed by atoms with Gasteiger partial charge in [0.25, 0.3) is 5.78 Å². The quantitative estimate of drug-likeness (QED) is 0.781. The van der Waals surface area contributed by atoms with E-state index in [1.807, 2.05) is 36.4 Å². The number of benzene rings is 1. The van der Waals surface area contributed by atoms with Crippen molar-refractivity contribution in [2.24, 2.45) is 0 Å². The number of hydrogen-bond acceptors (Lipinski definition) is 6. The lowest BCUT2D eigenvalue weighted by Crippen LogP contribution is -2.47. The smallest absolute Gasteiger partial charge is 0.254 e. The second-order valence-electron chi connectivity index (χ2n) is 6.34. The summed E-state index contributed by atoms with van der Waals surface area (Å²) >= 11 is 0. The average Bonchev–Trinajstić information content (AvgIpc) is 3.10. The van der Waals surface area contributed by atoms with Gasteiger partial charge in [0.2, 0.25) is 0 Å². The lowest BCUT2D eigenvalue weighted by atomic mass is 10.1. The number of anilines is 1. The molecule has 0 spiro atoms. The summed E-state index contributed by atoms with van der Waals surface area (Å²) in [6.45, 7) is 3.78. The summed E-state index contributed by atoms with van der Waals surface area (Å²) < 4.78 is 7.39. The van der Waals surface area contributed by atoms with E-state index in [9.17, 15) is 5.11 Å². The number of aliphatic hydroxyl groups excluding tert-OH is 1. The van der Waals surface area contributed by atoms with E-state index in [0.29, 0.717) is 25.4 Å². The maximum absolute atomic E-state index is 9.85. The van der Waals surface area contributed by atoms with Crippen LogP contribution in [0, 0.1) is 0 Å². The zero-order chi connectivity index (χ0) is 17.2. The molecule has 2 aromatic heterocycles. The molecule has 7 heteroatoms. The molecule has 0 saturated carbocycles. The summed E-state index contributed by atoms with van der Waals surface area (Å²) in [4.78, 5) is 11.2. The van der Waals surface area contributed by atoms with Crippen molar-refractivity contribution >= 4 is 11.6 Å². The summed E-state index contributed by atoms with van der Waals surface area (Å²) in [6.07, 6.45) is 1.76. The minimum Gasteiger partial charge on any atom is -0.393 e. The largest absolute Gasteiger partial charge is 0.393 e. The first-order valence-corrected chi connectivity index (χ1v) is 8.51. The van der Waals surface area contributed by atoms with Gasteiger partial charge in [0.15, 0.2) is 0 Å². The fourth-order valence-corrected chi connectivity index (χ4v) is 3.30. The molecule has 1 aromatic carbocycles. The number of nitrogens with zero attached hydrogens (tertiary/aromatic N) is 5. The van der Waals surface area contributed by atoms with Gasteiger partial charge in [-0.3, -0.25) is 0 Å². The van der Waals surface area contributed by atoms with Gasteiger partial charge in [-0.2, -0.15) is 14.6 Å². The first-order chi connectivity index (χ1) is 12.2. The highest BCUT2D eigenvalue weighted by molar-refractivity contribution is 5.66. The van der Waals surface area contributed by atoms with Gasteiger partial charge in [-0.05, 0) is 13.3 Å². The van der Waals surface area contributed by atoms with E-state index >= 15 is 0 Å². The maximum atomic E-state index is 9.85. The first-order valence-electron chi connectivity index (χ1n) is 8.51. The fraction of sp³-hybridized carbons (Fsp3) is 0.389. The Morgan fingerprint density at radius 1 is 1.32 bits per heavy atom. The molecule has 3 aromatic rings. The fourth-order valence-electron chi connectivity index (χ4n) is 3.30. The molecule has 4 rings (SSSR count). The second-order valence-corrected chi connectivity index (χ2v) is 6.34. The van der Waals surface area contributed by atoms with Gasteiger partial charge in [-0.25, -0.2) is 4.98 Å². The number of fused-ring (bicyclic) bond motifs is 1. The number of aliphatic hydroxyl groups is 1. The molecule has 130 valence electrons. The van der Waals surface area contributed by atoms with Gasteiger partial charge < -0.3 is 14.7 Å². The highest BCUT2D eigenvalue weighted by Gasteiger charge is 2.27. The molecule has 1 aliphatic rings. The van der Waals surface area contributed by atoms with E-state index in [0.717, 1.165) is 23.6 Å². The Kier molecular flexibility index (Phi) is 4.33. The van der Waals surface area contributed by atoms with Crippen LogP contribution in [-0.2, 0) is 4.74 Å². The predicted molar refractivity (Wildman–Crippen MR) is 94.5 cm³/mol. The third-order valence-electron chi connectivity index (χ3n) is 4.44. The molecule has 2 atom stereocenters. The van der Waals surface area contributed by atoms with Crippen LogP contribution in [0.1, 0.15) is 13.3 Å². The van der Waals surface area contributed by atoms with Crippen LogP contribution in [0.2, 0.25) is 0 Å². The summed E-state index contributed by atoms with van der Waals surface area (Å²) in [7, 11) is 0. The van der Waals surface area contributed by atoms with Gasteiger partial charge in [-0.1, -0.05) is 30.3 Å². The molecular weight excluding hydrogens is 318 g/mol. The molecule has 0 amide bonds. The van der Waals surface area contributed by atoms with E-state index in [4.69, 9.17) is 4.74 Å². The van der Waals surface area contributed by atoms with Crippen LogP contribution < -0.4 is 4.90 Å². The van der Waals surface area contributed by atoms with Crippen LogP contribution in [0.15, 0.2) is 42.7 Å². The molecule has 0 bridgehead atoms. The van der Waals surface area contributed by atoms with Crippen LogP contribution in [0.4, 0.5) is 5.82 Å². The van der Waals surface area contributed by atoms with E-state index in [-0.39, 0.29) is 6.04 Å². The van der Waals surface area contributed by atoms with Crippen LogP contribution in [0.25, 0.3) is 17.0 Å². The van der Waals surface area contributed by atoms with Crippen LogP contribution in [0.5, 0.6) is 0 Å². The van der Waals surface area contributed by atoms with Gasteiger partial charge >= 0.3 is 0 Å². The summed E-state index contributed by atoms with van der Waals surface area (Å²) in [5.41, 5.74) is 1.90. The number of ether oxygens (including phenoxy) is 1. The van der Waals surface area contributed by atoms with Crippen molar-refractivity contribution in [3.05, 3.63) is 42.7 Å². The normalized spacial score (nSPS) is 19.3.